The monoisotopic (exact) mass is 353 g/mol. The quantitative estimate of drug-likeness (QED) is 0.670. The molecule has 2 amide bonds. The highest BCUT2D eigenvalue weighted by Crippen LogP contribution is 2.40. The van der Waals surface area contributed by atoms with Crippen molar-refractivity contribution in [2.24, 2.45) is 5.73 Å². The Labute approximate surface area is 137 Å². The van der Waals surface area contributed by atoms with E-state index in [4.69, 9.17) is 5.73 Å². The third kappa shape index (κ3) is 3.23. The summed E-state index contributed by atoms with van der Waals surface area (Å²) >= 11 is 1.24. The van der Waals surface area contributed by atoms with Gasteiger partial charge >= 0.3 is 12.2 Å². The number of primary amides is 1. The number of urea groups is 1. The van der Waals surface area contributed by atoms with Gasteiger partial charge in [0.1, 0.15) is 6.33 Å². The van der Waals surface area contributed by atoms with Crippen LogP contribution in [0.4, 0.5) is 23.7 Å². The van der Waals surface area contributed by atoms with Crippen LogP contribution in [0.1, 0.15) is 5.56 Å². The molecule has 0 aliphatic carbocycles. The first-order valence-corrected chi connectivity index (χ1v) is 7.40. The number of aromatic amines is 1. The highest BCUT2D eigenvalue weighted by molar-refractivity contribution is 7.19. The molecule has 0 unspecified atom stereocenters. The summed E-state index contributed by atoms with van der Waals surface area (Å²) in [4.78, 5) is 16.4. The third-order valence-electron chi connectivity index (χ3n) is 3.12. The van der Waals surface area contributed by atoms with Crippen LogP contribution in [0.3, 0.4) is 0 Å². The number of hydrogen-bond acceptors (Lipinski definition) is 4. The summed E-state index contributed by atoms with van der Waals surface area (Å²) in [5.41, 5.74) is 5.40. The summed E-state index contributed by atoms with van der Waals surface area (Å²) in [6.45, 7) is 0. The number of halogens is 3. The molecule has 0 aliphatic rings. The van der Waals surface area contributed by atoms with Crippen molar-refractivity contribution < 1.29 is 18.0 Å². The molecule has 0 radical (unpaired) electrons. The minimum absolute atomic E-state index is 0.402. The molecule has 0 bridgehead atoms. The summed E-state index contributed by atoms with van der Waals surface area (Å²) in [5, 5.41) is 8.88. The Morgan fingerprint density at radius 2 is 1.96 bits per heavy atom. The fourth-order valence-electron chi connectivity index (χ4n) is 2.07. The van der Waals surface area contributed by atoms with Gasteiger partial charge in [0.25, 0.3) is 0 Å². The smallest absolute Gasteiger partial charge is 0.351 e. The topological polar surface area (TPSA) is 96.7 Å². The van der Waals surface area contributed by atoms with Crippen LogP contribution in [0.2, 0.25) is 0 Å². The first-order valence-electron chi connectivity index (χ1n) is 6.58. The minimum Gasteiger partial charge on any atom is -0.351 e. The molecule has 4 N–H and O–H groups in total. The summed E-state index contributed by atoms with van der Waals surface area (Å²) in [6, 6.07) is 5.61. The average molecular weight is 353 g/mol. The molecular weight excluding hydrogens is 343 g/mol. The van der Waals surface area contributed by atoms with Crippen LogP contribution in [0.15, 0.2) is 36.7 Å². The van der Waals surface area contributed by atoms with Gasteiger partial charge in [-0.3, -0.25) is 5.10 Å². The minimum atomic E-state index is -4.39. The van der Waals surface area contributed by atoms with Crippen LogP contribution in [0.25, 0.3) is 21.1 Å². The Hall–Kier alpha value is -2.88. The maximum absolute atomic E-state index is 12.6. The summed E-state index contributed by atoms with van der Waals surface area (Å²) in [7, 11) is 0. The molecule has 0 aliphatic heterocycles. The zero-order valence-corrected chi connectivity index (χ0v) is 12.7. The molecule has 0 spiro atoms. The van der Waals surface area contributed by atoms with E-state index in [0.717, 1.165) is 12.1 Å². The lowest BCUT2D eigenvalue weighted by Crippen LogP contribution is -2.19. The van der Waals surface area contributed by atoms with Crippen molar-refractivity contribution in [3.63, 3.8) is 0 Å². The highest BCUT2D eigenvalue weighted by Gasteiger charge is 2.30. The summed E-state index contributed by atoms with van der Waals surface area (Å²) in [5.74, 6) is 0.418. The number of carbonyl (C=O) groups is 1. The largest absolute Gasteiger partial charge is 0.416 e. The number of aromatic nitrogens is 3. The van der Waals surface area contributed by atoms with Gasteiger partial charge in [-0.05, 0) is 23.8 Å². The Morgan fingerprint density at radius 3 is 2.50 bits per heavy atom. The Balaban J connectivity index is 2.01. The number of rotatable bonds is 3. The Morgan fingerprint density at radius 1 is 1.25 bits per heavy atom. The molecule has 6 nitrogen and oxygen atoms in total. The van der Waals surface area contributed by atoms with Gasteiger partial charge in [0.2, 0.25) is 0 Å². The van der Waals surface area contributed by atoms with Crippen molar-refractivity contribution >= 4 is 23.1 Å². The lowest BCUT2D eigenvalue weighted by Gasteiger charge is -2.06. The Bertz CT molecular complexity index is 856. The molecule has 2 heterocycles. The van der Waals surface area contributed by atoms with Crippen molar-refractivity contribution in [1.29, 1.82) is 0 Å². The molecule has 0 saturated carbocycles. The molecule has 124 valence electrons. The number of nitrogens with one attached hydrogen (secondary N) is 2. The molecule has 2 aromatic heterocycles. The SMILES string of the molecule is NC(=O)Nc1cc(-c2ccc(C(F)(F)F)cc2)sc1-c1ncn[nH]1. The van der Waals surface area contributed by atoms with Crippen molar-refractivity contribution in [2.75, 3.05) is 5.32 Å². The number of carbonyl (C=O) groups excluding carboxylic acids is 1. The summed E-state index contributed by atoms with van der Waals surface area (Å²) < 4.78 is 37.9. The van der Waals surface area contributed by atoms with E-state index in [2.05, 4.69) is 20.5 Å². The summed E-state index contributed by atoms with van der Waals surface area (Å²) in [6.07, 6.45) is -3.08. The number of thiophene rings is 1. The lowest BCUT2D eigenvalue weighted by atomic mass is 10.1. The molecule has 10 heteroatoms. The van der Waals surface area contributed by atoms with E-state index < -0.39 is 17.8 Å². The van der Waals surface area contributed by atoms with Crippen LogP contribution >= 0.6 is 11.3 Å². The zero-order valence-electron chi connectivity index (χ0n) is 11.9. The number of hydrogen-bond donors (Lipinski definition) is 3. The van der Waals surface area contributed by atoms with E-state index in [1.807, 2.05) is 0 Å². The van der Waals surface area contributed by atoms with Crippen LogP contribution < -0.4 is 11.1 Å². The number of H-pyrrole nitrogens is 1. The first kappa shape index (κ1) is 16.0. The predicted octanol–water partition coefficient (Wildman–Crippen LogP) is 3.71. The number of benzene rings is 1. The fourth-order valence-corrected chi connectivity index (χ4v) is 3.14. The van der Waals surface area contributed by atoms with Crippen molar-refractivity contribution in [2.45, 2.75) is 6.18 Å². The molecule has 1 aromatic carbocycles. The number of amides is 2. The van der Waals surface area contributed by atoms with E-state index >= 15 is 0 Å². The van der Waals surface area contributed by atoms with Crippen molar-refractivity contribution in [3.8, 4) is 21.1 Å². The zero-order chi connectivity index (χ0) is 17.3. The van der Waals surface area contributed by atoms with E-state index in [1.165, 1.54) is 29.8 Å². The molecule has 24 heavy (non-hydrogen) atoms. The predicted molar refractivity (Wildman–Crippen MR) is 83.3 cm³/mol. The molecule has 0 saturated heterocycles. The van der Waals surface area contributed by atoms with Gasteiger partial charge in [0.05, 0.1) is 16.1 Å². The Kier molecular flexibility index (Phi) is 3.97. The normalized spacial score (nSPS) is 11.5. The third-order valence-corrected chi connectivity index (χ3v) is 4.31. The van der Waals surface area contributed by atoms with E-state index in [1.54, 1.807) is 6.07 Å². The van der Waals surface area contributed by atoms with Crippen molar-refractivity contribution in [1.82, 2.24) is 15.2 Å². The maximum Gasteiger partial charge on any atom is 0.416 e. The van der Waals surface area contributed by atoms with Gasteiger partial charge in [0.15, 0.2) is 5.82 Å². The molecule has 0 fully saturated rings. The number of alkyl halides is 3. The maximum atomic E-state index is 12.6. The second kappa shape index (κ2) is 5.96. The van der Waals surface area contributed by atoms with E-state index in [0.29, 0.717) is 26.8 Å². The second-order valence-corrected chi connectivity index (χ2v) is 5.80. The van der Waals surface area contributed by atoms with Crippen LogP contribution in [-0.4, -0.2) is 21.2 Å². The number of nitrogens with two attached hydrogens (primary N) is 1. The highest BCUT2D eigenvalue weighted by atomic mass is 32.1. The standard InChI is InChI=1S/C14H10F3N5OS/c15-14(16,17)8-3-1-7(2-4-8)10-5-9(21-13(18)23)11(24-10)12-19-6-20-22-12/h1-6H,(H3,18,21,23)(H,19,20,22). The molecule has 3 aromatic rings. The van der Waals surface area contributed by atoms with Gasteiger partial charge in [-0.2, -0.15) is 18.3 Å². The van der Waals surface area contributed by atoms with Crippen LogP contribution in [-0.2, 0) is 6.18 Å². The van der Waals surface area contributed by atoms with E-state index in [-0.39, 0.29) is 0 Å². The molecule has 3 rings (SSSR count). The van der Waals surface area contributed by atoms with Gasteiger partial charge in [-0.1, -0.05) is 12.1 Å². The van der Waals surface area contributed by atoms with E-state index in [9.17, 15) is 18.0 Å². The van der Waals surface area contributed by atoms with Gasteiger partial charge in [-0.15, -0.1) is 11.3 Å². The second-order valence-electron chi connectivity index (χ2n) is 4.75. The number of anilines is 1. The first-order chi connectivity index (χ1) is 11.3. The van der Waals surface area contributed by atoms with Crippen LogP contribution in [0.5, 0.6) is 0 Å². The number of nitrogens with zero attached hydrogens (tertiary/aromatic N) is 2. The fraction of sp³-hybridized carbons (Fsp3) is 0.0714. The lowest BCUT2D eigenvalue weighted by molar-refractivity contribution is -0.137. The van der Waals surface area contributed by atoms with Gasteiger partial charge in [-0.25, -0.2) is 9.78 Å². The van der Waals surface area contributed by atoms with Crippen LogP contribution in [0, 0.1) is 0 Å². The van der Waals surface area contributed by atoms with Crippen molar-refractivity contribution in [3.05, 3.63) is 42.2 Å². The molecular formula is C14H10F3N5OS. The van der Waals surface area contributed by atoms with Gasteiger partial charge in [0, 0.05) is 4.88 Å². The molecule has 0 atom stereocenters. The van der Waals surface area contributed by atoms with Gasteiger partial charge < -0.3 is 11.1 Å². The average Bonchev–Trinajstić information content (AvgIpc) is 3.15.